The summed E-state index contributed by atoms with van der Waals surface area (Å²) in [6.07, 6.45) is 7.73. The number of rotatable bonds is 5. The maximum absolute atomic E-state index is 12.1. The molecule has 1 heterocycles. The van der Waals surface area contributed by atoms with Crippen molar-refractivity contribution in [3.63, 3.8) is 0 Å². The molecule has 112 valence electrons. The molecule has 1 fully saturated rings. The molecule has 0 aliphatic heterocycles. The summed E-state index contributed by atoms with van der Waals surface area (Å²) in [5.74, 6) is 1.09. The lowest BCUT2D eigenvalue weighted by Crippen LogP contribution is -2.24. The zero-order valence-electron chi connectivity index (χ0n) is 12.2. The van der Waals surface area contributed by atoms with Gasteiger partial charge in [0.05, 0.1) is 0 Å². The monoisotopic (exact) mass is 286 g/mol. The van der Waals surface area contributed by atoms with Gasteiger partial charge in [-0.25, -0.2) is 0 Å². The topological polar surface area (TPSA) is 68.3 Å². The fraction of sp³-hybridized carbons (Fsp3) is 0.471. The zero-order valence-corrected chi connectivity index (χ0v) is 12.2. The molecule has 1 aliphatic rings. The van der Waals surface area contributed by atoms with Crippen LogP contribution in [-0.2, 0) is 0 Å². The normalized spacial score (nSPS) is 15.6. The summed E-state index contributed by atoms with van der Waals surface area (Å²) in [6.45, 7) is 0.717. The van der Waals surface area contributed by atoms with Crippen LogP contribution in [0.1, 0.15) is 49.1 Å². The number of anilines is 1. The average molecular weight is 286 g/mol. The van der Waals surface area contributed by atoms with E-state index in [1.165, 1.54) is 32.1 Å². The van der Waals surface area contributed by atoms with Crippen molar-refractivity contribution in [2.24, 2.45) is 5.92 Å². The maximum atomic E-state index is 12.1. The highest BCUT2D eigenvalue weighted by Gasteiger charge is 2.15. The maximum Gasteiger partial charge on any atom is 0.287 e. The first kappa shape index (κ1) is 14.0. The molecule has 1 saturated carbocycles. The average Bonchev–Trinajstić information content (AvgIpc) is 3.11. The molecule has 4 heteroatoms. The second-order valence-electron chi connectivity index (χ2n) is 5.96. The molecule has 0 spiro atoms. The SMILES string of the molecule is Nc1ccc2oc(C(=O)NCCCC3CCCC3)cc2c1. The van der Waals surface area contributed by atoms with Crippen LogP contribution in [0.3, 0.4) is 0 Å². The van der Waals surface area contributed by atoms with Crippen LogP contribution in [0.25, 0.3) is 11.0 Å². The Hall–Kier alpha value is -1.97. The quantitative estimate of drug-likeness (QED) is 0.650. The molecular weight excluding hydrogens is 264 g/mol. The molecule has 3 N–H and O–H groups in total. The summed E-state index contributed by atoms with van der Waals surface area (Å²) in [6, 6.07) is 7.13. The van der Waals surface area contributed by atoms with Crippen LogP contribution in [0.2, 0.25) is 0 Å². The van der Waals surface area contributed by atoms with E-state index in [0.717, 1.165) is 17.7 Å². The van der Waals surface area contributed by atoms with Gasteiger partial charge in [0, 0.05) is 17.6 Å². The minimum absolute atomic E-state index is 0.142. The summed E-state index contributed by atoms with van der Waals surface area (Å²) < 4.78 is 5.55. The minimum Gasteiger partial charge on any atom is -0.451 e. The van der Waals surface area contributed by atoms with E-state index in [9.17, 15) is 4.79 Å². The lowest BCUT2D eigenvalue weighted by Gasteiger charge is -2.08. The van der Waals surface area contributed by atoms with Crippen molar-refractivity contribution in [2.45, 2.75) is 38.5 Å². The van der Waals surface area contributed by atoms with E-state index in [0.29, 0.717) is 23.6 Å². The summed E-state index contributed by atoms with van der Waals surface area (Å²) in [4.78, 5) is 12.1. The Kier molecular flexibility index (Phi) is 4.13. The van der Waals surface area contributed by atoms with Gasteiger partial charge in [0.25, 0.3) is 5.91 Å². The van der Waals surface area contributed by atoms with Crippen LogP contribution in [-0.4, -0.2) is 12.5 Å². The predicted octanol–water partition coefficient (Wildman–Crippen LogP) is 3.72. The standard InChI is InChI=1S/C17H22N2O2/c18-14-7-8-15-13(10-14)11-16(21-15)17(20)19-9-3-6-12-4-1-2-5-12/h7-8,10-12H,1-6,9,18H2,(H,19,20). The highest BCUT2D eigenvalue weighted by molar-refractivity contribution is 5.96. The number of hydrogen-bond donors (Lipinski definition) is 2. The first-order chi connectivity index (χ1) is 10.2. The number of furan rings is 1. The van der Waals surface area contributed by atoms with Crippen molar-refractivity contribution < 1.29 is 9.21 Å². The fourth-order valence-electron chi connectivity index (χ4n) is 3.15. The number of fused-ring (bicyclic) bond motifs is 1. The molecule has 1 aromatic heterocycles. The van der Waals surface area contributed by atoms with E-state index in [4.69, 9.17) is 10.2 Å². The Bertz CT molecular complexity index is 627. The third-order valence-electron chi connectivity index (χ3n) is 4.31. The molecule has 1 amide bonds. The number of nitrogens with one attached hydrogen (secondary N) is 1. The molecule has 0 atom stereocenters. The van der Waals surface area contributed by atoms with Gasteiger partial charge in [0.1, 0.15) is 5.58 Å². The highest BCUT2D eigenvalue weighted by Crippen LogP contribution is 2.28. The van der Waals surface area contributed by atoms with Gasteiger partial charge in [-0.05, 0) is 43.0 Å². The molecule has 1 aliphatic carbocycles. The fourth-order valence-corrected chi connectivity index (χ4v) is 3.15. The minimum atomic E-state index is -0.142. The second kappa shape index (κ2) is 6.20. The number of hydrogen-bond acceptors (Lipinski definition) is 3. The van der Waals surface area contributed by atoms with Gasteiger partial charge in [-0.2, -0.15) is 0 Å². The Labute approximate surface area is 124 Å². The van der Waals surface area contributed by atoms with E-state index >= 15 is 0 Å². The largest absolute Gasteiger partial charge is 0.451 e. The molecule has 2 aromatic rings. The van der Waals surface area contributed by atoms with Gasteiger partial charge in [-0.15, -0.1) is 0 Å². The molecule has 1 aromatic carbocycles. The third-order valence-corrected chi connectivity index (χ3v) is 4.31. The first-order valence-corrected chi connectivity index (χ1v) is 7.79. The summed E-state index contributed by atoms with van der Waals surface area (Å²) in [7, 11) is 0. The van der Waals surface area contributed by atoms with Crippen LogP contribution in [0.15, 0.2) is 28.7 Å². The van der Waals surface area contributed by atoms with Crippen LogP contribution in [0.5, 0.6) is 0 Å². The van der Waals surface area contributed by atoms with Gasteiger partial charge in [0.15, 0.2) is 5.76 Å². The van der Waals surface area contributed by atoms with E-state index in [2.05, 4.69) is 5.32 Å². The smallest absolute Gasteiger partial charge is 0.287 e. The molecule has 0 saturated heterocycles. The lowest BCUT2D eigenvalue weighted by molar-refractivity contribution is 0.0927. The molecule has 3 rings (SSSR count). The van der Waals surface area contributed by atoms with Crippen LogP contribution < -0.4 is 11.1 Å². The van der Waals surface area contributed by atoms with Crippen molar-refractivity contribution in [2.75, 3.05) is 12.3 Å². The van der Waals surface area contributed by atoms with Crippen LogP contribution in [0.4, 0.5) is 5.69 Å². The zero-order chi connectivity index (χ0) is 14.7. The van der Waals surface area contributed by atoms with Crippen molar-refractivity contribution >= 4 is 22.6 Å². The number of nitrogen functional groups attached to an aromatic ring is 1. The molecule has 21 heavy (non-hydrogen) atoms. The van der Waals surface area contributed by atoms with Gasteiger partial charge in [-0.3, -0.25) is 4.79 Å². The molecular formula is C17H22N2O2. The van der Waals surface area contributed by atoms with Gasteiger partial charge >= 0.3 is 0 Å². The first-order valence-electron chi connectivity index (χ1n) is 7.79. The number of amides is 1. The van der Waals surface area contributed by atoms with E-state index in [1.54, 1.807) is 18.2 Å². The van der Waals surface area contributed by atoms with Crippen molar-refractivity contribution in [3.8, 4) is 0 Å². The number of benzene rings is 1. The van der Waals surface area contributed by atoms with Crippen LogP contribution >= 0.6 is 0 Å². The predicted molar refractivity (Wildman–Crippen MR) is 84.2 cm³/mol. The molecule has 0 bridgehead atoms. The van der Waals surface area contributed by atoms with Crippen molar-refractivity contribution in [1.82, 2.24) is 5.32 Å². The number of carbonyl (C=O) groups is 1. The number of carbonyl (C=O) groups excluding carboxylic acids is 1. The molecule has 0 unspecified atom stereocenters. The summed E-state index contributed by atoms with van der Waals surface area (Å²) in [5.41, 5.74) is 7.09. The lowest BCUT2D eigenvalue weighted by atomic mass is 10.0. The Morgan fingerprint density at radius 2 is 2.10 bits per heavy atom. The Morgan fingerprint density at radius 3 is 2.90 bits per heavy atom. The van der Waals surface area contributed by atoms with Gasteiger partial charge in [-0.1, -0.05) is 25.7 Å². The Balaban J connectivity index is 1.51. The van der Waals surface area contributed by atoms with E-state index in [1.807, 2.05) is 6.07 Å². The van der Waals surface area contributed by atoms with E-state index < -0.39 is 0 Å². The highest BCUT2D eigenvalue weighted by atomic mass is 16.3. The van der Waals surface area contributed by atoms with Gasteiger partial charge in [0.2, 0.25) is 0 Å². The number of nitrogens with two attached hydrogens (primary N) is 1. The summed E-state index contributed by atoms with van der Waals surface area (Å²) >= 11 is 0. The second-order valence-corrected chi connectivity index (χ2v) is 5.96. The molecule has 0 radical (unpaired) electrons. The van der Waals surface area contributed by atoms with E-state index in [-0.39, 0.29) is 5.91 Å². The summed E-state index contributed by atoms with van der Waals surface area (Å²) in [5, 5.41) is 3.80. The Morgan fingerprint density at radius 1 is 1.29 bits per heavy atom. The van der Waals surface area contributed by atoms with Crippen LogP contribution in [0, 0.1) is 5.92 Å². The third kappa shape index (κ3) is 3.38. The van der Waals surface area contributed by atoms with Crippen molar-refractivity contribution in [3.05, 3.63) is 30.0 Å². The van der Waals surface area contributed by atoms with Gasteiger partial charge < -0.3 is 15.5 Å². The van der Waals surface area contributed by atoms with Crippen molar-refractivity contribution in [1.29, 1.82) is 0 Å². The molecule has 4 nitrogen and oxygen atoms in total.